The minimum absolute atomic E-state index is 0.292. The van der Waals surface area contributed by atoms with Crippen molar-refractivity contribution in [2.45, 2.75) is 51.1 Å². The number of aromatic nitrogens is 3. The van der Waals surface area contributed by atoms with Crippen LogP contribution in [0.4, 0.5) is 11.6 Å². The third-order valence-corrected chi connectivity index (χ3v) is 8.54. The molecule has 1 aliphatic rings. The van der Waals surface area contributed by atoms with E-state index in [1.54, 1.807) is 11.8 Å². The highest BCUT2D eigenvalue weighted by atomic mass is 35.5. The number of ether oxygens (including phenoxy) is 3. The Hall–Kier alpha value is -4.15. The van der Waals surface area contributed by atoms with Crippen LogP contribution in [0.3, 0.4) is 0 Å². The third-order valence-electron chi connectivity index (χ3n) is 7.28. The second kappa shape index (κ2) is 14.8. The number of nitrogens with zero attached hydrogens (tertiary/aromatic N) is 3. The monoisotopic (exact) mass is 647 g/mol. The zero-order chi connectivity index (χ0) is 31.9. The Kier molecular flexibility index (Phi) is 10.6. The number of carbonyl (C=O) groups is 1. The maximum atomic E-state index is 14.1. The van der Waals surface area contributed by atoms with Gasteiger partial charge in [0.2, 0.25) is 11.1 Å². The fourth-order valence-corrected chi connectivity index (χ4v) is 6.09. The normalized spacial score (nSPS) is 14.2. The lowest BCUT2D eigenvalue weighted by Gasteiger charge is -2.29. The first-order chi connectivity index (χ1) is 21.8. The van der Waals surface area contributed by atoms with Gasteiger partial charge < -0.3 is 24.8 Å². The average molecular weight is 648 g/mol. The highest BCUT2D eigenvalue weighted by Crippen LogP contribution is 2.40. The number of thioether (sulfide) groups is 1. The summed E-state index contributed by atoms with van der Waals surface area (Å²) in [5, 5.41) is 12.5. The number of anilines is 2. The van der Waals surface area contributed by atoms with Gasteiger partial charge in [0.25, 0.3) is 5.91 Å². The number of hydrogen-bond acceptors (Lipinski definition) is 8. The van der Waals surface area contributed by atoms with E-state index >= 15 is 0 Å². The van der Waals surface area contributed by atoms with Gasteiger partial charge in [-0.05, 0) is 67.6 Å². The summed E-state index contributed by atoms with van der Waals surface area (Å²) in [5.41, 5.74) is 3.50. The summed E-state index contributed by atoms with van der Waals surface area (Å²) in [6, 6.07) is 20.2. The van der Waals surface area contributed by atoms with Crippen molar-refractivity contribution in [2.75, 3.05) is 31.0 Å². The van der Waals surface area contributed by atoms with Gasteiger partial charge in [0, 0.05) is 16.5 Å². The Morgan fingerprint density at radius 2 is 1.84 bits per heavy atom. The van der Waals surface area contributed by atoms with Crippen LogP contribution in [0.1, 0.15) is 51.3 Å². The lowest BCUT2D eigenvalue weighted by molar-refractivity contribution is -0.113. The van der Waals surface area contributed by atoms with Crippen molar-refractivity contribution in [2.24, 2.45) is 5.92 Å². The van der Waals surface area contributed by atoms with Gasteiger partial charge in [0.05, 0.1) is 31.6 Å². The van der Waals surface area contributed by atoms with Gasteiger partial charge in [-0.25, -0.2) is 4.68 Å². The molecule has 9 nitrogen and oxygen atoms in total. The average Bonchev–Trinajstić information content (AvgIpc) is 3.43. The highest BCUT2D eigenvalue weighted by Gasteiger charge is 2.35. The van der Waals surface area contributed by atoms with E-state index in [0.29, 0.717) is 75.2 Å². The number of amides is 1. The van der Waals surface area contributed by atoms with Crippen molar-refractivity contribution < 1.29 is 19.0 Å². The van der Waals surface area contributed by atoms with Gasteiger partial charge in [0.1, 0.15) is 11.8 Å². The first-order valence-corrected chi connectivity index (χ1v) is 16.3. The number of benzene rings is 3. The van der Waals surface area contributed by atoms with Crippen LogP contribution in [0.25, 0.3) is 0 Å². The van der Waals surface area contributed by atoms with Crippen LogP contribution in [0, 0.1) is 5.92 Å². The first-order valence-electron chi connectivity index (χ1n) is 14.9. The fourth-order valence-electron chi connectivity index (χ4n) is 4.97. The molecule has 5 rings (SSSR count). The topological polar surface area (TPSA) is 99.5 Å². The van der Waals surface area contributed by atoms with E-state index in [4.69, 9.17) is 35.9 Å². The molecule has 0 aliphatic carbocycles. The number of allylic oxidation sites excluding steroid dienone is 1. The predicted octanol–water partition coefficient (Wildman–Crippen LogP) is 7.98. The molecule has 236 valence electrons. The zero-order valence-electron chi connectivity index (χ0n) is 26.1. The number of halogens is 1. The summed E-state index contributed by atoms with van der Waals surface area (Å²) in [5.74, 6) is 3.16. The molecule has 2 N–H and O–H groups in total. The standard InChI is InChI=1S/C34H38ClN5O4S/c1-6-43-27-14-10-9-13-26(27)37-32(41)30-22(4)36-33-38-34(45-20-24-11-7-8-12-25(24)35)39-40(33)31(30)23-15-16-28(29(19-23)42-5)44-18-17-21(2)3/h7-16,19,21,31H,6,17-18,20H2,1-5H3,(H,37,41)(H,36,38,39). The van der Waals surface area contributed by atoms with Crippen molar-refractivity contribution in [1.29, 1.82) is 0 Å². The van der Waals surface area contributed by atoms with E-state index in [2.05, 4.69) is 24.5 Å². The Morgan fingerprint density at radius 3 is 2.60 bits per heavy atom. The summed E-state index contributed by atoms with van der Waals surface area (Å²) in [6.07, 6.45) is 0.922. The second-order valence-corrected chi connectivity index (χ2v) is 12.3. The van der Waals surface area contributed by atoms with Crippen LogP contribution in [-0.4, -0.2) is 41.0 Å². The minimum atomic E-state index is -0.610. The Bertz CT molecular complexity index is 1690. The molecule has 1 aromatic heterocycles. The smallest absolute Gasteiger partial charge is 0.255 e. The number of carbonyl (C=O) groups excluding carboxylic acids is 1. The van der Waals surface area contributed by atoms with Crippen LogP contribution in [0.5, 0.6) is 17.2 Å². The van der Waals surface area contributed by atoms with Crippen LogP contribution in [-0.2, 0) is 10.5 Å². The van der Waals surface area contributed by atoms with Crippen LogP contribution in [0.15, 0.2) is 83.2 Å². The molecule has 11 heteroatoms. The van der Waals surface area contributed by atoms with Gasteiger partial charge >= 0.3 is 0 Å². The molecule has 45 heavy (non-hydrogen) atoms. The second-order valence-electron chi connectivity index (χ2n) is 10.9. The van der Waals surface area contributed by atoms with E-state index in [9.17, 15) is 4.79 Å². The largest absolute Gasteiger partial charge is 0.493 e. The minimum Gasteiger partial charge on any atom is -0.493 e. The third kappa shape index (κ3) is 7.57. The van der Waals surface area contributed by atoms with Crippen molar-refractivity contribution >= 4 is 40.9 Å². The molecule has 0 bridgehead atoms. The number of para-hydroxylation sites is 2. The molecule has 0 spiro atoms. The van der Waals surface area contributed by atoms with E-state index in [1.807, 2.05) is 80.6 Å². The van der Waals surface area contributed by atoms with Crippen molar-refractivity contribution in [3.63, 3.8) is 0 Å². The molecule has 3 aromatic carbocycles. The number of methoxy groups -OCH3 is 1. The summed E-state index contributed by atoms with van der Waals surface area (Å²) in [7, 11) is 1.61. The molecule has 1 atom stereocenters. The zero-order valence-corrected chi connectivity index (χ0v) is 27.7. The van der Waals surface area contributed by atoms with E-state index in [0.717, 1.165) is 17.5 Å². The van der Waals surface area contributed by atoms with Crippen molar-refractivity contribution in [3.8, 4) is 17.2 Å². The van der Waals surface area contributed by atoms with Crippen molar-refractivity contribution in [3.05, 3.63) is 94.1 Å². The molecule has 0 saturated heterocycles. The number of hydrogen-bond donors (Lipinski definition) is 2. The lowest BCUT2D eigenvalue weighted by Crippen LogP contribution is -2.31. The van der Waals surface area contributed by atoms with Crippen molar-refractivity contribution in [1.82, 2.24) is 14.8 Å². The first kappa shape index (κ1) is 32.2. The number of nitrogens with one attached hydrogen (secondary N) is 2. The molecule has 2 heterocycles. The molecule has 0 saturated carbocycles. The number of fused-ring (bicyclic) bond motifs is 1. The van der Waals surface area contributed by atoms with Crippen LogP contribution in [0.2, 0.25) is 5.02 Å². The summed E-state index contributed by atoms with van der Waals surface area (Å²) in [6.45, 7) is 9.14. The lowest BCUT2D eigenvalue weighted by atomic mass is 9.94. The Labute approximate surface area is 273 Å². The predicted molar refractivity (Wildman–Crippen MR) is 180 cm³/mol. The molecule has 1 unspecified atom stereocenters. The van der Waals surface area contributed by atoms with Gasteiger partial charge in [-0.15, -0.1) is 5.10 Å². The molecule has 0 radical (unpaired) electrons. The Morgan fingerprint density at radius 1 is 1.07 bits per heavy atom. The van der Waals surface area contributed by atoms with Gasteiger partial charge in [-0.2, -0.15) is 4.98 Å². The summed E-state index contributed by atoms with van der Waals surface area (Å²) in [4.78, 5) is 18.9. The van der Waals surface area contributed by atoms with Gasteiger partial charge in [0.15, 0.2) is 11.5 Å². The summed E-state index contributed by atoms with van der Waals surface area (Å²) >= 11 is 7.87. The maximum absolute atomic E-state index is 14.1. The molecule has 1 amide bonds. The van der Waals surface area contributed by atoms with E-state index in [1.165, 1.54) is 11.8 Å². The number of rotatable bonds is 13. The van der Waals surface area contributed by atoms with Crippen LogP contribution >= 0.6 is 23.4 Å². The maximum Gasteiger partial charge on any atom is 0.255 e. The molecular weight excluding hydrogens is 610 g/mol. The Balaban J connectivity index is 1.52. The summed E-state index contributed by atoms with van der Waals surface area (Å²) < 4.78 is 19.3. The molecule has 4 aromatic rings. The molecule has 0 fully saturated rings. The van der Waals surface area contributed by atoms with Gasteiger partial charge in [-0.1, -0.05) is 73.6 Å². The van der Waals surface area contributed by atoms with E-state index in [-0.39, 0.29) is 5.91 Å². The van der Waals surface area contributed by atoms with E-state index < -0.39 is 6.04 Å². The SMILES string of the molecule is CCOc1ccccc1NC(=O)C1=C(C)Nc2nc(SCc3ccccc3Cl)nn2C1c1ccc(OCCC(C)C)c(OC)c1. The quantitative estimate of drug-likeness (QED) is 0.141. The fraction of sp³-hybridized carbons (Fsp3) is 0.324. The molecular formula is C34H38ClN5O4S. The highest BCUT2D eigenvalue weighted by molar-refractivity contribution is 7.98. The van der Waals surface area contributed by atoms with Crippen LogP contribution < -0.4 is 24.8 Å². The van der Waals surface area contributed by atoms with Gasteiger partial charge in [-0.3, -0.25) is 4.79 Å². The molecule has 1 aliphatic heterocycles.